The van der Waals surface area contributed by atoms with E-state index in [-0.39, 0.29) is 30.0 Å². The first-order chi connectivity index (χ1) is 13.4. The Balaban J connectivity index is 1.38. The normalized spacial score (nSPS) is 30.1. The predicted molar refractivity (Wildman–Crippen MR) is 103 cm³/mol. The zero-order valence-corrected chi connectivity index (χ0v) is 16.7. The predicted octanol–water partition coefficient (Wildman–Crippen LogP) is 3.77. The van der Waals surface area contributed by atoms with Gasteiger partial charge in [0.15, 0.2) is 18.2 Å². The molecule has 4 saturated carbocycles. The van der Waals surface area contributed by atoms with Crippen molar-refractivity contribution in [3.8, 4) is 5.75 Å². The summed E-state index contributed by atoms with van der Waals surface area (Å²) in [7, 11) is 1.52. The zero-order valence-electron chi connectivity index (χ0n) is 16.7. The first-order valence-corrected chi connectivity index (χ1v) is 10.3. The van der Waals surface area contributed by atoms with E-state index in [2.05, 4.69) is 0 Å². The van der Waals surface area contributed by atoms with Crippen molar-refractivity contribution < 1.29 is 23.9 Å². The monoisotopic (exact) mass is 384 g/mol. The number of Topliss-reactive ketones (excluding diaryl/α,β-unsaturated/α-hetero) is 2. The fraction of sp³-hybridized carbons (Fsp3) is 0.609. The van der Waals surface area contributed by atoms with Crippen LogP contribution in [0.1, 0.15) is 61.4 Å². The molecule has 4 bridgehead atoms. The molecule has 5 nitrogen and oxygen atoms in total. The van der Waals surface area contributed by atoms with Crippen LogP contribution in [0.3, 0.4) is 0 Å². The average Bonchev–Trinajstić information content (AvgIpc) is 2.64. The highest BCUT2D eigenvalue weighted by atomic mass is 16.5. The number of hydrogen-bond donors (Lipinski definition) is 0. The standard InChI is InChI=1S/C23H28O5/c1-14(24)18-3-4-20(27-2)19(8-18)9-22(26)28-13-21(25)23-10-15-5-16(11-23)7-17(6-15)12-23/h3-4,8,15-17H,5-7,9-13H2,1-2H3. The van der Waals surface area contributed by atoms with Crippen molar-refractivity contribution in [1.82, 2.24) is 0 Å². The number of ketones is 2. The summed E-state index contributed by atoms with van der Waals surface area (Å²) in [5.74, 6) is 2.16. The molecule has 150 valence electrons. The van der Waals surface area contributed by atoms with Gasteiger partial charge in [-0.05, 0) is 81.4 Å². The van der Waals surface area contributed by atoms with Crippen molar-refractivity contribution in [1.29, 1.82) is 0 Å². The van der Waals surface area contributed by atoms with Crippen molar-refractivity contribution in [3.63, 3.8) is 0 Å². The molecule has 0 atom stereocenters. The fourth-order valence-electron chi connectivity index (χ4n) is 6.09. The van der Waals surface area contributed by atoms with Crippen LogP contribution in [-0.2, 0) is 20.7 Å². The minimum atomic E-state index is -0.461. The second-order valence-electron chi connectivity index (χ2n) is 9.04. The number of hydrogen-bond acceptors (Lipinski definition) is 5. The number of ether oxygens (including phenoxy) is 2. The third-order valence-electron chi connectivity index (χ3n) is 7.02. The van der Waals surface area contributed by atoms with Gasteiger partial charge in [0, 0.05) is 16.5 Å². The van der Waals surface area contributed by atoms with Crippen molar-refractivity contribution in [2.75, 3.05) is 13.7 Å². The summed E-state index contributed by atoms with van der Waals surface area (Å²) >= 11 is 0. The lowest BCUT2D eigenvalue weighted by molar-refractivity contribution is -0.157. The van der Waals surface area contributed by atoms with Gasteiger partial charge >= 0.3 is 5.97 Å². The lowest BCUT2D eigenvalue weighted by Crippen LogP contribution is -2.51. The van der Waals surface area contributed by atoms with Crippen LogP contribution in [0.25, 0.3) is 0 Å². The molecule has 5 rings (SSSR count). The Morgan fingerprint density at radius 1 is 1.04 bits per heavy atom. The minimum Gasteiger partial charge on any atom is -0.496 e. The van der Waals surface area contributed by atoms with Crippen molar-refractivity contribution in [3.05, 3.63) is 29.3 Å². The van der Waals surface area contributed by atoms with Crippen molar-refractivity contribution in [2.45, 2.75) is 51.9 Å². The molecule has 4 aliphatic carbocycles. The van der Waals surface area contributed by atoms with E-state index in [1.807, 2.05) is 0 Å². The zero-order chi connectivity index (χ0) is 19.9. The number of rotatable bonds is 7. The van der Waals surface area contributed by atoms with Gasteiger partial charge in [0.1, 0.15) is 5.75 Å². The quantitative estimate of drug-likeness (QED) is 0.529. The van der Waals surface area contributed by atoms with Gasteiger partial charge in [0.25, 0.3) is 0 Å². The van der Waals surface area contributed by atoms with Crippen LogP contribution in [0.4, 0.5) is 0 Å². The molecule has 1 aromatic rings. The van der Waals surface area contributed by atoms with E-state index in [9.17, 15) is 14.4 Å². The van der Waals surface area contributed by atoms with E-state index >= 15 is 0 Å². The van der Waals surface area contributed by atoms with Crippen molar-refractivity contribution in [2.24, 2.45) is 23.2 Å². The largest absolute Gasteiger partial charge is 0.496 e. The first-order valence-electron chi connectivity index (χ1n) is 10.3. The van der Waals surface area contributed by atoms with Crippen LogP contribution in [0.15, 0.2) is 18.2 Å². The lowest BCUT2D eigenvalue weighted by Gasteiger charge is -2.55. The fourth-order valence-corrected chi connectivity index (χ4v) is 6.09. The van der Waals surface area contributed by atoms with E-state index in [4.69, 9.17) is 9.47 Å². The molecule has 0 radical (unpaired) electrons. The third-order valence-corrected chi connectivity index (χ3v) is 7.02. The second-order valence-corrected chi connectivity index (χ2v) is 9.04. The van der Waals surface area contributed by atoms with Crippen molar-refractivity contribution >= 4 is 17.5 Å². The molecule has 4 aliphatic rings. The van der Waals surface area contributed by atoms with Gasteiger partial charge in [0.05, 0.1) is 13.5 Å². The molecule has 0 amide bonds. The molecule has 5 heteroatoms. The topological polar surface area (TPSA) is 69.7 Å². The summed E-state index contributed by atoms with van der Waals surface area (Å²) in [6.07, 6.45) is 6.74. The van der Waals surface area contributed by atoms with E-state index in [1.54, 1.807) is 18.2 Å². The molecule has 0 saturated heterocycles. The highest BCUT2D eigenvalue weighted by molar-refractivity contribution is 5.94. The minimum absolute atomic E-state index is 0.0154. The van der Waals surface area contributed by atoms with E-state index in [0.29, 0.717) is 34.6 Å². The summed E-state index contributed by atoms with van der Waals surface area (Å²) in [6.45, 7) is 1.34. The number of benzene rings is 1. The van der Waals surface area contributed by atoms with Crippen LogP contribution >= 0.6 is 0 Å². The second kappa shape index (κ2) is 7.34. The molecule has 0 aliphatic heterocycles. The van der Waals surface area contributed by atoms with Gasteiger partial charge in [0.2, 0.25) is 0 Å². The number of methoxy groups -OCH3 is 1. The lowest BCUT2D eigenvalue weighted by atomic mass is 9.48. The average molecular weight is 384 g/mol. The van der Waals surface area contributed by atoms with Crippen LogP contribution in [-0.4, -0.2) is 31.3 Å². The maximum atomic E-state index is 13.0. The highest BCUT2D eigenvalue weighted by Crippen LogP contribution is 2.60. The Kier molecular flexibility index (Phi) is 5.02. The maximum absolute atomic E-state index is 13.0. The molecule has 0 aromatic heterocycles. The smallest absolute Gasteiger partial charge is 0.310 e. The van der Waals surface area contributed by atoms with Gasteiger partial charge in [-0.2, -0.15) is 0 Å². The van der Waals surface area contributed by atoms with E-state index < -0.39 is 5.97 Å². The summed E-state index contributed by atoms with van der Waals surface area (Å²) in [6, 6.07) is 5.01. The van der Waals surface area contributed by atoms with Crippen LogP contribution in [0.5, 0.6) is 5.75 Å². The SMILES string of the molecule is COc1ccc(C(C)=O)cc1CC(=O)OCC(=O)C12CC3CC(CC(C3)C1)C2. The molecule has 0 spiro atoms. The Labute approximate surface area is 165 Å². The summed E-state index contributed by atoms with van der Waals surface area (Å²) in [4.78, 5) is 37.0. The van der Waals surface area contributed by atoms with Crippen LogP contribution in [0.2, 0.25) is 0 Å². The summed E-state index contributed by atoms with van der Waals surface area (Å²) in [5, 5.41) is 0. The molecular formula is C23H28O5. The molecule has 28 heavy (non-hydrogen) atoms. The molecule has 0 N–H and O–H groups in total. The van der Waals surface area contributed by atoms with Gasteiger partial charge < -0.3 is 9.47 Å². The maximum Gasteiger partial charge on any atom is 0.310 e. The van der Waals surface area contributed by atoms with Crippen LogP contribution < -0.4 is 4.74 Å². The third kappa shape index (κ3) is 3.59. The van der Waals surface area contributed by atoms with Gasteiger partial charge in [-0.25, -0.2) is 0 Å². The number of carbonyl (C=O) groups excluding carboxylic acids is 3. The summed E-state index contributed by atoms with van der Waals surface area (Å²) < 4.78 is 10.7. The Morgan fingerprint density at radius 2 is 1.64 bits per heavy atom. The summed E-state index contributed by atoms with van der Waals surface area (Å²) in [5.41, 5.74) is 0.872. The Bertz CT molecular complexity index is 774. The highest BCUT2D eigenvalue weighted by Gasteiger charge is 2.54. The number of esters is 1. The van der Waals surface area contributed by atoms with Gasteiger partial charge in [-0.1, -0.05) is 0 Å². The Morgan fingerprint density at radius 3 is 2.18 bits per heavy atom. The van der Waals surface area contributed by atoms with Gasteiger partial charge in [-0.15, -0.1) is 0 Å². The van der Waals surface area contributed by atoms with Gasteiger partial charge in [-0.3, -0.25) is 14.4 Å². The van der Waals surface area contributed by atoms with Crippen LogP contribution in [0, 0.1) is 23.2 Å². The molecule has 0 unspecified atom stereocenters. The molecular weight excluding hydrogens is 356 g/mol. The molecule has 1 aromatic carbocycles. The molecule has 4 fully saturated rings. The van der Waals surface area contributed by atoms with E-state index in [1.165, 1.54) is 33.3 Å². The molecule has 0 heterocycles. The number of carbonyl (C=O) groups is 3. The Hall–Kier alpha value is -2.17. The first kappa shape index (κ1) is 19.2. The van der Waals surface area contributed by atoms with E-state index in [0.717, 1.165) is 19.3 Å².